The fourth-order valence-corrected chi connectivity index (χ4v) is 4.11. The lowest BCUT2D eigenvalue weighted by molar-refractivity contribution is 0.244. The van der Waals surface area contributed by atoms with Crippen LogP contribution in [0.15, 0.2) is 48.8 Å². The van der Waals surface area contributed by atoms with Gasteiger partial charge in [-0.2, -0.15) is 0 Å². The molecule has 2 aromatic carbocycles. The highest BCUT2D eigenvalue weighted by Gasteiger charge is 2.15. The molecule has 4 aromatic rings. The lowest BCUT2D eigenvalue weighted by Gasteiger charge is -2.17. The van der Waals surface area contributed by atoms with Crippen molar-refractivity contribution >= 4 is 45.1 Å². The summed E-state index contributed by atoms with van der Waals surface area (Å²) in [5.74, 6) is 1.20. The quantitative estimate of drug-likeness (QED) is 0.267. The molecule has 0 atom stereocenters. The van der Waals surface area contributed by atoms with Crippen LogP contribution in [0.1, 0.15) is 30.0 Å². The van der Waals surface area contributed by atoms with Crippen LogP contribution in [0.2, 0.25) is 0 Å². The molecule has 0 bridgehead atoms. The lowest BCUT2D eigenvalue weighted by atomic mass is 10.1. The van der Waals surface area contributed by atoms with E-state index < -0.39 is 0 Å². The van der Waals surface area contributed by atoms with Crippen LogP contribution in [0.5, 0.6) is 5.75 Å². The Kier molecular flexibility index (Phi) is 6.08. The van der Waals surface area contributed by atoms with Crippen molar-refractivity contribution < 1.29 is 4.74 Å². The van der Waals surface area contributed by atoms with Gasteiger partial charge >= 0.3 is 0 Å². The van der Waals surface area contributed by atoms with Crippen LogP contribution in [-0.2, 0) is 12.8 Å². The fraction of sp³-hybridized carbons (Fsp3) is 0.217. The summed E-state index contributed by atoms with van der Waals surface area (Å²) in [6.45, 7) is 3.90. The summed E-state index contributed by atoms with van der Waals surface area (Å²) in [5.41, 5.74) is 9.82. The molecule has 7 nitrogen and oxygen atoms in total. The summed E-state index contributed by atoms with van der Waals surface area (Å²) >= 11 is 1.58. The van der Waals surface area contributed by atoms with Gasteiger partial charge in [-0.25, -0.2) is 15.0 Å². The number of ether oxygens (including phenoxy) is 1. The number of anilines is 3. The van der Waals surface area contributed by atoms with E-state index in [-0.39, 0.29) is 6.10 Å². The van der Waals surface area contributed by atoms with Crippen LogP contribution in [0.3, 0.4) is 0 Å². The second-order valence-electron chi connectivity index (χ2n) is 7.38. The minimum Gasteiger partial charge on any atom is -0.489 e. The van der Waals surface area contributed by atoms with E-state index in [1.807, 2.05) is 32.0 Å². The molecule has 0 spiro atoms. The highest BCUT2D eigenvalue weighted by atomic mass is 32.1. The standard InChI is InChI=1S/C23H24N6OS/c1-14(2)30-19-11-17(25)16(12-24)10-18(19)28-22-21-23(27-13-26-22)31-20(29-21)9-8-15-6-4-3-5-7-15/h3-7,10-14,24H,8-9,25H2,1-2H3,(H,26,27,28). The van der Waals surface area contributed by atoms with Crippen LogP contribution in [0.25, 0.3) is 10.3 Å². The van der Waals surface area contributed by atoms with Gasteiger partial charge in [0.2, 0.25) is 0 Å². The van der Waals surface area contributed by atoms with Crippen molar-refractivity contribution in [3.63, 3.8) is 0 Å². The fourth-order valence-electron chi connectivity index (χ4n) is 3.21. The van der Waals surface area contributed by atoms with Gasteiger partial charge in [-0.15, -0.1) is 0 Å². The predicted octanol–water partition coefficient (Wildman–Crippen LogP) is 4.98. The van der Waals surface area contributed by atoms with E-state index in [1.165, 1.54) is 18.1 Å². The largest absolute Gasteiger partial charge is 0.489 e. The first-order valence-electron chi connectivity index (χ1n) is 10.1. The third kappa shape index (κ3) is 4.80. The minimum absolute atomic E-state index is 0.0277. The normalized spacial score (nSPS) is 11.1. The van der Waals surface area contributed by atoms with Crippen molar-refractivity contribution in [3.05, 3.63) is 64.9 Å². The molecule has 31 heavy (non-hydrogen) atoms. The van der Waals surface area contributed by atoms with Gasteiger partial charge in [0.05, 0.1) is 16.8 Å². The molecule has 4 rings (SSSR count). The molecule has 158 valence electrons. The Balaban J connectivity index is 1.64. The molecule has 0 fully saturated rings. The smallest absolute Gasteiger partial charge is 0.161 e. The van der Waals surface area contributed by atoms with Crippen molar-refractivity contribution in [2.45, 2.75) is 32.8 Å². The van der Waals surface area contributed by atoms with Gasteiger partial charge in [-0.05, 0) is 31.9 Å². The number of aromatic nitrogens is 3. The molecule has 0 saturated heterocycles. The summed E-state index contributed by atoms with van der Waals surface area (Å²) < 4.78 is 5.92. The van der Waals surface area contributed by atoms with E-state index >= 15 is 0 Å². The molecule has 0 radical (unpaired) electrons. The van der Waals surface area contributed by atoms with Crippen molar-refractivity contribution in [3.8, 4) is 5.75 Å². The van der Waals surface area contributed by atoms with E-state index in [0.29, 0.717) is 28.5 Å². The number of thiazole rings is 1. The van der Waals surface area contributed by atoms with Crippen molar-refractivity contribution in [2.24, 2.45) is 0 Å². The van der Waals surface area contributed by atoms with Gasteiger partial charge in [0.25, 0.3) is 0 Å². The Bertz CT molecular complexity index is 1210. The van der Waals surface area contributed by atoms with Crippen LogP contribution >= 0.6 is 11.3 Å². The zero-order valence-electron chi connectivity index (χ0n) is 17.4. The first-order valence-corrected chi connectivity index (χ1v) is 10.9. The number of nitrogen functional groups attached to an aromatic ring is 1. The van der Waals surface area contributed by atoms with Gasteiger partial charge in [0.1, 0.15) is 22.4 Å². The number of nitrogens with one attached hydrogen (secondary N) is 2. The number of fused-ring (bicyclic) bond motifs is 1. The van der Waals surface area contributed by atoms with E-state index in [2.05, 4.69) is 27.4 Å². The third-order valence-electron chi connectivity index (χ3n) is 4.67. The van der Waals surface area contributed by atoms with Crippen molar-refractivity contribution in [1.29, 1.82) is 5.41 Å². The van der Waals surface area contributed by atoms with Gasteiger partial charge in [-0.1, -0.05) is 41.7 Å². The highest BCUT2D eigenvalue weighted by Crippen LogP contribution is 2.34. The summed E-state index contributed by atoms with van der Waals surface area (Å²) in [6, 6.07) is 13.9. The zero-order chi connectivity index (χ0) is 21.8. The zero-order valence-corrected chi connectivity index (χ0v) is 18.2. The second-order valence-corrected chi connectivity index (χ2v) is 8.44. The van der Waals surface area contributed by atoms with Crippen LogP contribution in [0.4, 0.5) is 17.2 Å². The maximum atomic E-state index is 7.61. The number of hydrogen-bond donors (Lipinski definition) is 3. The minimum atomic E-state index is -0.0277. The Hall–Kier alpha value is -3.52. The molecule has 2 heterocycles. The summed E-state index contributed by atoms with van der Waals surface area (Å²) in [6.07, 6.45) is 4.48. The predicted molar refractivity (Wildman–Crippen MR) is 127 cm³/mol. The second kappa shape index (κ2) is 9.09. The van der Waals surface area contributed by atoms with E-state index in [0.717, 1.165) is 28.2 Å². The SMILES string of the molecule is CC(C)Oc1cc(N)c(C=N)cc1Nc1ncnc2sc(CCc3ccccc3)nc12. The number of aryl methyl sites for hydroxylation is 2. The molecular formula is C23H24N6OS. The Labute approximate surface area is 184 Å². The number of benzene rings is 2. The van der Waals surface area contributed by atoms with Gasteiger partial charge in [-0.3, -0.25) is 0 Å². The van der Waals surface area contributed by atoms with Crippen molar-refractivity contribution in [1.82, 2.24) is 15.0 Å². The number of nitrogens with zero attached hydrogens (tertiary/aromatic N) is 3. The average Bonchev–Trinajstić information content (AvgIpc) is 3.18. The third-order valence-corrected chi connectivity index (χ3v) is 5.69. The number of nitrogens with two attached hydrogens (primary N) is 1. The Morgan fingerprint density at radius 2 is 1.97 bits per heavy atom. The van der Waals surface area contributed by atoms with Crippen LogP contribution < -0.4 is 15.8 Å². The lowest BCUT2D eigenvalue weighted by Crippen LogP contribution is -2.09. The van der Waals surface area contributed by atoms with E-state index in [1.54, 1.807) is 23.5 Å². The van der Waals surface area contributed by atoms with E-state index in [9.17, 15) is 0 Å². The summed E-state index contributed by atoms with van der Waals surface area (Å²) in [7, 11) is 0. The molecule has 0 aliphatic carbocycles. The summed E-state index contributed by atoms with van der Waals surface area (Å²) in [5, 5.41) is 11.9. The molecule has 0 saturated carbocycles. The van der Waals surface area contributed by atoms with Gasteiger partial charge < -0.3 is 21.2 Å². The molecular weight excluding hydrogens is 408 g/mol. The van der Waals surface area contributed by atoms with E-state index in [4.69, 9.17) is 20.9 Å². The first-order chi connectivity index (χ1) is 15.0. The number of rotatable bonds is 8. The number of hydrogen-bond acceptors (Lipinski definition) is 8. The topological polar surface area (TPSA) is 110 Å². The van der Waals surface area contributed by atoms with Gasteiger partial charge in [0, 0.05) is 30.0 Å². The Morgan fingerprint density at radius 1 is 1.16 bits per heavy atom. The Morgan fingerprint density at radius 3 is 2.71 bits per heavy atom. The van der Waals surface area contributed by atoms with Crippen LogP contribution in [-0.4, -0.2) is 27.3 Å². The molecule has 0 aliphatic heterocycles. The van der Waals surface area contributed by atoms with Gasteiger partial charge in [0.15, 0.2) is 5.82 Å². The average molecular weight is 433 g/mol. The first kappa shape index (κ1) is 20.7. The molecule has 4 N–H and O–H groups in total. The molecule has 8 heteroatoms. The summed E-state index contributed by atoms with van der Waals surface area (Å²) in [4.78, 5) is 14.4. The molecule has 0 unspecified atom stereocenters. The molecule has 0 amide bonds. The maximum Gasteiger partial charge on any atom is 0.161 e. The molecule has 0 aliphatic rings. The van der Waals surface area contributed by atoms with Crippen molar-refractivity contribution in [2.75, 3.05) is 11.1 Å². The highest BCUT2D eigenvalue weighted by molar-refractivity contribution is 7.18. The maximum absolute atomic E-state index is 7.61. The monoisotopic (exact) mass is 432 g/mol. The van der Waals surface area contributed by atoms with Crippen LogP contribution in [0, 0.1) is 5.41 Å². The molecule has 2 aromatic heterocycles.